The van der Waals surface area contributed by atoms with Gasteiger partial charge in [0.15, 0.2) is 0 Å². The molecule has 14 heavy (non-hydrogen) atoms. The molecule has 1 heterocycles. The SMILES string of the molecule is NNC(c1sccc1I)C1CCCC1. The lowest BCUT2D eigenvalue weighted by molar-refractivity contribution is 0.377. The molecule has 0 amide bonds. The first-order chi connectivity index (χ1) is 6.83. The van der Waals surface area contributed by atoms with Crippen LogP contribution < -0.4 is 11.3 Å². The predicted octanol–water partition coefficient (Wildman–Crippen LogP) is 3.05. The number of hydrazine groups is 1. The van der Waals surface area contributed by atoms with E-state index in [0.29, 0.717) is 6.04 Å². The van der Waals surface area contributed by atoms with Crippen LogP contribution in [0.15, 0.2) is 11.4 Å². The van der Waals surface area contributed by atoms with Crippen LogP contribution in [0, 0.1) is 9.49 Å². The van der Waals surface area contributed by atoms with Crippen LogP contribution in [-0.4, -0.2) is 0 Å². The first-order valence-electron chi connectivity index (χ1n) is 5.02. The third kappa shape index (κ3) is 2.13. The Balaban J connectivity index is 2.16. The fourth-order valence-electron chi connectivity index (χ4n) is 2.24. The van der Waals surface area contributed by atoms with Gasteiger partial charge < -0.3 is 0 Å². The molecule has 1 aliphatic rings. The summed E-state index contributed by atoms with van der Waals surface area (Å²) >= 11 is 4.21. The van der Waals surface area contributed by atoms with E-state index in [4.69, 9.17) is 5.84 Å². The highest BCUT2D eigenvalue weighted by molar-refractivity contribution is 14.1. The van der Waals surface area contributed by atoms with Gasteiger partial charge in [0.1, 0.15) is 0 Å². The first-order valence-corrected chi connectivity index (χ1v) is 6.98. The summed E-state index contributed by atoms with van der Waals surface area (Å²) in [5, 5.41) is 2.15. The van der Waals surface area contributed by atoms with Gasteiger partial charge in [-0.15, -0.1) is 11.3 Å². The first kappa shape index (κ1) is 10.9. The number of nitrogens with two attached hydrogens (primary N) is 1. The minimum Gasteiger partial charge on any atom is -0.271 e. The topological polar surface area (TPSA) is 38.0 Å². The minimum atomic E-state index is 0.379. The van der Waals surface area contributed by atoms with Gasteiger partial charge in [0.05, 0.1) is 6.04 Å². The van der Waals surface area contributed by atoms with Crippen LogP contribution in [-0.2, 0) is 0 Å². The second-order valence-corrected chi connectivity index (χ2v) is 5.93. The molecule has 3 N–H and O–H groups in total. The van der Waals surface area contributed by atoms with Crippen molar-refractivity contribution in [3.63, 3.8) is 0 Å². The summed E-state index contributed by atoms with van der Waals surface area (Å²) in [5.74, 6) is 6.41. The second kappa shape index (κ2) is 4.92. The van der Waals surface area contributed by atoms with Crippen molar-refractivity contribution in [2.75, 3.05) is 0 Å². The maximum absolute atomic E-state index is 5.67. The molecule has 0 aromatic carbocycles. The molecule has 1 aromatic heterocycles. The zero-order valence-corrected chi connectivity index (χ0v) is 11.0. The third-order valence-electron chi connectivity index (χ3n) is 2.98. The van der Waals surface area contributed by atoms with E-state index in [2.05, 4.69) is 39.5 Å². The Morgan fingerprint density at radius 1 is 1.50 bits per heavy atom. The monoisotopic (exact) mass is 322 g/mol. The molecule has 4 heteroatoms. The summed E-state index contributed by atoms with van der Waals surface area (Å²) in [6, 6.07) is 2.55. The van der Waals surface area contributed by atoms with E-state index in [9.17, 15) is 0 Å². The Kier molecular flexibility index (Phi) is 3.81. The Hall–Kier alpha value is 0.350. The van der Waals surface area contributed by atoms with Crippen molar-refractivity contribution in [2.45, 2.75) is 31.7 Å². The normalized spacial score (nSPS) is 20.1. The summed E-state index contributed by atoms with van der Waals surface area (Å²) in [6.07, 6.45) is 5.38. The molecular formula is C10H15IN2S. The average molecular weight is 322 g/mol. The number of nitrogens with one attached hydrogen (secondary N) is 1. The van der Waals surface area contributed by atoms with Gasteiger partial charge in [-0.25, -0.2) is 0 Å². The fourth-order valence-corrected chi connectivity index (χ4v) is 4.32. The molecule has 1 aliphatic carbocycles. The van der Waals surface area contributed by atoms with Crippen molar-refractivity contribution in [2.24, 2.45) is 11.8 Å². The molecule has 2 rings (SSSR count). The van der Waals surface area contributed by atoms with Crippen molar-refractivity contribution in [1.82, 2.24) is 5.43 Å². The number of halogens is 1. The Morgan fingerprint density at radius 3 is 2.71 bits per heavy atom. The molecule has 0 saturated heterocycles. The molecule has 1 unspecified atom stereocenters. The van der Waals surface area contributed by atoms with Gasteiger partial charge in [-0.3, -0.25) is 11.3 Å². The van der Waals surface area contributed by atoms with E-state index in [1.807, 2.05) is 11.3 Å². The average Bonchev–Trinajstić information content (AvgIpc) is 2.80. The Morgan fingerprint density at radius 2 is 2.21 bits per heavy atom. The van der Waals surface area contributed by atoms with Gasteiger partial charge in [-0.05, 0) is 52.8 Å². The molecule has 1 aromatic rings. The number of thiophene rings is 1. The lowest BCUT2D eigenvalue weighted by Crippen LogP contribution is -2.32. The number of hydrogen-bond donors (Lipinski definition) is 2. The van der Waals surface area contributed by atoms with Crippen molar-refractivity contribution < 1.29 is 0 Å². The van der Waals surface area contributed by atoms with Gasteiger partial charge in [-0.1, -0.05) is 12.8 Å². The van der Waals surface area contributed by atoms with Gasteiger partial charge >= 0.3 is 0 Å². The van der Waals surface area contributed by atoms with E-state index in [1.54, 1.807) is 0 Å². The van der Waals surface area contributed by atoms with Gasteiger partial charge in [-0.2, -0.15) is 0 Å². The summed E-state index contributed by atoms with van der Waals surface area (Å²) < 4.78 is 1.35. The molecule has 1 saturated carbocycles. The molecule has 1 atom stereocenters. The van der Waals surface area contributed by atoms with Crippen LogP contribution in [0.3, 0.4) is 0 Å². The smallest absolute Gasteiger partial charge is 0.0592 e. The van der Waals surface area contributed by atoms with E-state index in [0.717, 1.165) is 5.92 Å². The maximum atomic E-state index is 5.67. The summed E-state index contributed by atoms with van der Waals surface area (Å²) in [6.45, 7) is 0. The molecule has 0 aliphatic heterocycles. The van der Waals surface area contributed by atoms with Crippen molar-refractivity contribution >= 4 is 33.9 Å². The largest absolute Gasteiger partial charge is 0.271 e. The number of hydrogen-bond acceptors (Lipinski definition) is 3. The molecule has 0 radical (unpaired) electrons. The zero-order valence-electron chi connectivity index (χ0n) is 8.00. The summed E-state index contributed by atoms with van der Waals surface area (Å²) in [5.41, 5.74) is 2.99. The lowest BCUT2D eigenvalue weighted by atomic mass is 9.97. The van der Waals surface area contributed by atoms with E-state index < -0.39 is 0 Å². The minimum absolute atomic E-state index is 0.379. The standard InChI is InChI=1S/C10H15IN2S/c11-8-5-6-14-10(8)9(13-12)7-3-1-2-4-7/h5-7,9,13H,1-4,12H2. The van der Waals surface area contributed by atoms with Crippen molar-refractivity contribution in [3.8, 4) is 0 Å². The van der Waals surface area contributed by atoms with E-state index in [-0.39, 0.29) is 0 Å². The van der Waals surface area contributed by atoms with Crippen molar-refractivity contribution in [3.05, 3.63) is 19.9 Å². The van der Waals surface area contributed by atoms with E-state index >= 15 is 0 Å². The second-order valence-electron chi connectivity index (χ2n) is 3.82. The molecule has 2 nitrogen and oxygen atoms in total. The molecule has 0 bridgehead atoms. The van der Waals surface area contributed by atoms with Crippen LogP contribution in [0.2, 0.25) is 0 Å². The van der Waals surface area contributed by atoms with Gasteiger partial charge in [0.2, 0.25) is 0 Å². The highest BCUT2D eigenvalue weighted by Gasteiger charge is 2.27. The highest BCUT2D eigenvalue weighted by atomic mass is 127. The fraction of sp³-hybridized carbons (Fsp3) is 0.600. The molecule has 1 fully saturated rings. The summed E-state index contributed by atoms with van der Waals surface area (Å²) in [4.78, 5) is 1.42. The lowest BCUT2D eigenvalue weighted by Gasteiger charge is -2.21. The molecule has 78 valence electrons. The number of rotatable bonds is 3. The van der Waals surface area contributed by atoms with Crippen molar-refractivity contribution in [1.29, 1.82) is 0 Å². The zero-order chi connectivity index (χ0) is 9.97. The molecule has 0 spiro atoms. The Labute approximate surface area is 102 Å². The van der Waals surface area contributed by atoms with Crippen LogP contribution in [0.5, 0.6) is 0 Å². The maximum Gasteiger partial charge on any atom is 0.0592 e. The van der Waals surface area contributed by atoms with Crippen LogP contribution >= 0.6 is 33.9 Å². The van der Waals surface area contributed by atoms with Crippen LogP contribution in [0.1, 0.15) is 36.6 Å². The van der Waals surface area contributed by atoms with Crippen LogP contribution in [0.4, 0.5) is 0 Å². The molecular weight excluding hydrogens is 307 g/mol. The van der Waals surface area contributed by atoms with Crippen LogP contribution in [0.25, 0.3) is 0 Å². The van der Waals surface area contributed by atoms with Gasteiger partial charge in [0.25, 0.3) is 0 Å². The summed E-state index contributed by atoms with van der Waals surface area (Å²) in [7, 11) is 0. The van der Waals surface area contributed by atoms with Gasteiger partial charge in [0, 0.05) is 8.45 Å². The predicted molar refractivity (Wildman–Crippen MR) is 69.1 cm³/mol. The van der Waals surface area contributed by atoms with E-state index in [1.165, 1.54) is 34.1 Å². The Bertz CT molecular complexity index is 294. The third-order valence-corrected chi connectivity index (χ3v) is 5.28. The quantitative estimate of drug-likeness (QED) is 0.510. The highest BCUT2D eigenvalue weighted by Crippen LogP contribution is 2.38.